The summed E-state index contributed by atoms with van der Waals surface area (Å²) in [7, 11) is 1.86. The predicted octanol–water partition coefficient (Wildman–Crippen LogP) is 1.04. The second-order valence-electron chi connectivity index (χ2n) is 6.07. The molecule has 0 bridgehead atoms. The van der Waals surface area contributed by atoms with Crippen LogP contribution in [0.3, 0.4) is 0 Å². The van der Waals surface area contributed by atoms with Crippen molar-refractivity contribution in [3.05, 3.63) is 66.2 Å². The van der Waals surface area contributed by atoms with Gasteiger partial charge in [0.05, 0.1) is 17.8 Å². The molecular formula is C18H22N6O. The number of hydrogen-bond acceptors (Lipinski definition) is 4. The molecule has 2 aromatic heterocycles. The maximum absolute atomic E-state index is 11.7. The van der Waals surface area contributed by atoms with Crippen LogP contribution in [-0.2, 0) is 24.8 Å². The zero-order valence-electron chi connectivity index (χ0n) is 14.2. The highest BCUT2D eigenvalue weighted by molar-refractivity contribution is 5.77. The molecule has 25 heavy (non-hydrogen) atoms. The van der Waals surface area contributed by atoms with Gasteiger partial charge in [-0.25, -0.2) is 4.68 Å². The summed E-state index contributed by atoms with van der Waals surface area (Å²) >= 11 is 0. The average Bonchev–Trinajstić information content (AvgIpc) is 3.26. The maximum atomic E-state index is 11.7. The van der Waals surface area contributed by atoms with Crippen LogP contribution in [0.15, 0.2) is 55.1 Å². The molecule has 0 radical (unpaired) electrons. The Labute approximate surface area is 146 Å². The van der Waals surface area contributed by atoms with Gasteiger partial charge < -0.3 is 11.1 Å². The highest BCUT2D eigenvalue weighted by Gasteiger charge is 2.16. The second kappa shape index (κ2) is 7.76. The topological polar surface area (TPSA) is 90.8 Å². The van der Waals surface area contributed by atoms with E-state index in [2.05, 4.69) is 15.5 Å². The summed E-state index contributed by atoms with van der Waals surface area (Å²) in [6, 6.07) is 10.0. The van der Waals surface area contributed by atoms with Crippen molar-refractivity contribution in [2.24, 2.45) is 18.7 Å². The van der Waals surface area contributed by atoms with E-state index in [1.807, 2.05) is 54.5 Å². The predicted molar refractivity (Wildman–Crippen MR) is 94.9 cm³/mol. The summed E-state index contributed by atoms with van der Waals surface area (Å²) in [5, 5.41) is 11.6. The van der Waals surface area contributed by atoms with Crippen molar-refractivity contribution < 1.29 is 4.79 Å². The minimum absolute atomic E-state index is 0.257. The van der Waals surface area contributed by atoms with Crippen molar-refractivity contribution in [1.29, 1.82) is 0 Å². The molecule has 7 heteroatoms. The largest absolute Gasteiger partial charge is 0.369 e. The minimum atomic E-state index is -0.301. The Bertz CT molecular complexity index is 806. The fourth-order valence-electron chi connectivity index (χ4n) is 2.71. The summed E-state index contributed by atoms with van der Waals surface area (Å²) < 4.78 is 3.54. The Morgan fingerprint density at radius 2 is 2.04 bits per heavy atom. The van der Waals surface area contributed by atoms with Crippen molar-refractivity contribution >= 4 is 5.91 Å². The van der Waals surface area contributed by atoms with Gasteiger partial charge in [0.2, 0.25) is 5.91 Å². The molecule has 0 saturated carbocycles. The van der Waals surface area contributed by atoms with Crippen LogP contribution in [-0.4, -0.2) is 32.0 Å². The first kappa shape index (κ1) is 16.9. The number of hydrogen-bond donors (Lipinski definition) is 2. The first-order chi connectivity index (χ1) is 12.1. The van der Waals surface area contributed by atoms with Crippen LogP contribution in [0.1, 0.15) is 11.1 Å². The number of nitrogens with two attached hydrogens (primary N) is 1. The van der Waals surface area contributed by atoms with E-state index in [-0.39, 0.29) is 11.8 Å². The molecule has 0 aliphatic rings. The lowest BCUT2D eigenvalue weighted by Crippen LogP contribution is -2.34. The summed E-state index contributed by atoms with van der Waals surface area (Å²) in [4.78, 5) is 11.7. The molecule has 1 amide bonds. The number of amides is 1. The van der Waals surface area contributed by atoms with Crippen molar-refractivity contribution in [1.82, 2.24) is 24.9 Å². The molecule has 0 spiro atoms. The van der Waals surface area contributed by atoms with Crippen molar-refractivity contribution in [3.8, 4) is 5.69 Å². The molecule has 0 aliphatic heterocycles. The molecule has 1 aromatic carbocycles. The molecule has 7 nitrogen and oxygen atoms in total. The smallest absolute Gasteiger partial charge is 0.222 e. The number of rotatable bonds is 8. The van der Waals surface area contributed by atoms with Crippen LogP contribution in [0, 0.1) is 5.92 Å². The Hall–Kier alpha value is -2.93. The third-order valence-corrected chi connectivity index (χ3v) is 4.07. The highest BCUT2D eigenvalue weighted by Crippen LogP contribution is 2.10. The van der Waals surface area contributed by atoms with Crippen LogP contribution < -0.4 is 11.1 Å². The van der Waals surface area contributed by atoms with Gasteiger partial charge in [0.25, 0.3) is 0 Å². The van der Waals surface area contributed by atoms with Crippen molar-refractivity contribution in [2.45, 2.75) is 13.0 Å². The van der Waals surface area contributed by atoms with Gasteiger partial charge in [0.1, 0.15) is 0 Å². The van der Waals surface area contributed by atoms with Crippen LogP contribution in [0.2, 0.25) is 0 Å². The molecule has 1 atom stereocenters. The maximum Gasteiger partial charge on any atom is 0.222 e. The molecule has 3 N–H and O–H groups in total. The zero-order chi connectivity index (χ0) is 17.6. The van der Waals surface area contributed by atoms with Crippen LogP contribution in [0.25, 0.3) is 5.69 Å². The molecular weight excluding hydrogens is 316 g/mol. The first-order valence-electron chi connectivity index (χ1n) is 8.18. The third-order valence-electron chi connectivity index (χ3n) is 4.07. The Morgan fingerprint density at radius 1 is 1.24 bits per heavy atom. The molecule has 3 rings (SSSR count). The van der Waals surface area contributed by atoms with E-state index in [0.29, 0.717) is 19.5 Å². The van der Waals surface area contributed by atoms with Gasteiger partial charge in [-0.1, -0.05) is 12.1 Å². The van der Waals surface area contributed by atoms with Crippen molar-refractivity contribution in [3.63, 3.8) is 0 Å². The number of primary amides is 1. The summed E-state index contributed by atoms with van der Waals surface area (Å²) in [5.41, 5.74) is 8.69. The number of carbonyl (C=O) groups is 1. The molecule has 0 saturated heterocycles. The zero-order valence-corrected chi connectivity index (χ0v) is 14.2. The number of nitrogens with one attached hydrogen (secondary N) is 1. The minimum Gasteiger partial charge on any atom is -0.369 e. The lowest BCUT2D eigenvalue weighted by atomic mass is 10.0. The summed E-state index contributed by atoms with van der Waals surface area (Å²) in [6.07, 6.45) is 7.92. The lowest BCUT2D eigenvalue weighted by Gasteiger charge is -2.13. The van der Waals surface area contributed by atoms with Crippen LogP contribution in [0.5, 0.6) is 0 Å². The van der Waals surface area contributed by atoms with Gasteiger partial charge in [-0.2, -0.15) is 10.2 Å². The standard InChI is InChI=1S/C18H22N6O/c1-23-13-15(11-22-23)9-16(18(19)25)12-20-10-14-3-5-17(6-4-14)24-8-2-7-21-24/h2-8,11,13,16,20H,9-10,12H2,1H3,(H2,19,25). The quantitative estimate of drug-likeness (QED) is 0.642. The van der Waals surface area contributed by atoms with E-state index >= 15 is 0 Å². The molecule has 0 aliphatic carbocycles. The fraction of sp³-hybridized carbons (Fsp3) is 0.278. The molecule has 2 heterocycles. The van der Waals surface area contributed by atoms with Gasteiger partial charge in [-0.3, -0.25) is 9.48 Å². The summed E-state index contributed by atoms with van der Waals surface area (Å²) in [5.74, 6) is -0.557. The van der Waals surface area contributed by atoms with Gasteiger partial charge in [0.15, 0.2) is 0 Å². The monoisotopic (exact) mass is 338 g/mol. The molecule has 3 aromatic rings. The van der Waals surface area contributed by atoms with E-state index < -0.39 is 0 Å². The highest BCUT2D eigenvalue weighted by atomic mass is 16.1. The lowest BCUT2D eigenvalue weighted by molar-refractivity contribution is -0.121. The van der Waals surface area contributed by atoms with E-state index in [1.165, 1.54) is 0 Å². The van der Waals surface area contributed by atoms with E-state index in [1.54, 1.807) is 17.1 Å². The van der Waals surface area contributed by atoms with E-state index in [9.17, 15) is 4.79 Å². The third kappa shape index (κ3) is 4.54. The Morgan fingerprint density at radius 3 is 2.64 bits per heavy atom. The Balaban J connectivity index is 1.52. The second-order valence-corrected chi connectivity index (χ2v) is 6.07. The molecule has 0 fully saturated rings. The average molecular weight is 338 g/mol. The molecule has 1 unspecified atom stereocenters. The number of nitrogens with zero attached hydrogens (tertiary/aromatic N) is 4. The van der Waals surface area contributed by atoms with Gasteiger partial charge in [-0.15, -0.1) is 0 Å². The summed E-state index contributed by atoms with van der Waals surface area (Å²) in [6.45, 7) is 1.21. The van der Waals surface area contributed by atoms with E-state index in [0.717, 1.165) is 16.8 Å². The Kier molecular flexibility index (Phi) is 5.25. The van der Waals surface area contributed by atoms with Gasteiger partial charge in [0, 0.05) is 38.7 Å². The van der Waals surface area contributed by atoms with E-state index in [4.69, 9.17) is 5.73 Å². The number of benzene rings is 1. The first-order valence-corrected chi connectivity index (χ1v) is 8.18. The normalized spacial score (nSPS) is 12.2. The fourth-order valence-corrected chi connectivity index (χ4v) is 2.71. The van der Waals surface area contributed by atoms with Crippen LogP contribution in [0.4, 0.5) is 0 Å². The van der Waals surface area contributed by atoms with Gasteiger partial charge in [-0.05, 0) is 35.7 Å². The number of aryl methyl sites for hydroxylation is 1. The SMILES string of the molecule is Cn1cc(CC(CNCc2ccc(-n3cccn3)cc2)C(N)=O)cn1. The van der Waals surface area contributed by atoms with Crippen molar-refractivity contribution in [2.75, 3.05) is 6.54 Å². The van der Waals surface area contributed by atoms with Gasteiger partial charge >= 0.3 is 0 Å². The number of carbonyl (C=O) groups excluding carboxylic acids is 1. The number of aromatic nitrogens is 4. The van der Waals surface area contributed by atoms with Crippen LogP contribution >= 0.6 is 0 Å². The molecule has 130 valence electrons.